The highest BCUT2D eigenvalue weighted by molar-refractivity contribution is 6.06. The fourth-order valence-electron chi connectivity index (χ4n) is 1.51. The van der Waals surface area contributed by atoms with E-state index in [0.29, 0.717) is 11.4 Å². The Hall–Kier alpha value is -2.31. The maximum absolute atomic E-state index is 11.8. The average Bonchev–Trinajstić information content (AvgIpc) is 2.91. The molecule has 0 aliphatic rings. The number of carbonyl (C=O) groups is 1. The molecule has 0 atom stereocenters. The van der Waals surface area contributed by atoms with Crippen molar-refractivity contribution in [3.05, 3.63) is 23.8 Å². The van der Waals surface area contributed by atoms with Crippen LogP contribution in [0.25, 0.3) is 0 Å². The number of nitrogens with one attached hydrogen (secondary N) is 3. The molecule has 0 unspecified atom stereocenters. The number of nitrogens with zero attached hydrogens (tertiary/aromatic N) is 2. The molecule has 0 aliphatic carbocycles. The fraction of sp³-hybridized carbons (Fsp3) is 0.300. The predicted molar refractivity (Wildman–Crippen MR) is 63.5 cm³/mol. The van der Waals surface area contributed by atoms with Crippen molar-refractivity contribution in [3.63, 3.8) is 0 Å². The molecule has 0 aliphatic heterocycles. The lowest BCUT2D eigenvalue weighted by Gasteiger charge is -2.00. The van der Waals surface area contributed by atoms with Crippen LogP contribution in [-0.4, -0.2) is 26.3 Å². The standard InChI is InChI=1S/C10H14N6O/c1-2-3-7-8(11)9(16-15-7)10(17)14-6-4-12-13-5-6/h4-5H,2-3,11H2,1H3,(H,12,13)(H,14,17)(H,15,16). The SMILES string of the molecule is CCCc1[nH]nc(C(=O)Nc2cn[nH]c2)c1N. The Labute approximate surface area is 97.8 Å². The van der Waals surface area contributed by atoms with Crippen molar-refractivity contribution in [1.29, 1.82) is 0 Å². The summed E-state index contributed by atoms with van der Waals surface area (Å²) in [5, 5.41) is 15.7. The van der Waals surface area contributed by atoms with Gasteiger partial charge in [-0.15, -0.1) is 0 Å². The van der Waals surface area contributed by atoms with Crippen molar-refractivity contribution in [1.82, 2.24) is 20.4 Å². The number of carbonyl (C=O) groups excluding carboxylic acids is 1. The first-order chi connectivity index (χ1) is 8.22. The number of H-pyrrole nitrogens is 2. The number of hydrogen-bond donors (Lipinski definition) is 4. The third kappa shape index (κ3) is 2.27. The molecular formula is C10H14N6O. The second kappa shape index (κ2) is 4.69. The minimum atomic E-state index is -0.345. The van der Waals surface area contributed by atoms with Crippen LogP contribution in [0.15, 0.2) is 12.4 Å². The van der Waals surface area contributed by atoms with Crippen LogP contribution in [0.2, 0.25) is 0 Å². The molecule has 2 aromatic heterocycles. The van der Waals surface area contributed by atoms with Gasteiger partial charge in [0.25, 0.3) is 5.91 Å². The van der Waals surface area contributed by atoms with Crippen molar-refractivity contribution in [2.45, 2.75) is 19.8 Å². The summed E-state index contributed by atoms with van der Waals surface area (Å²) in [7, 11) is 0. The largest absolute Gasteiger partial charge is 0.395 e. The van der Waals surface area contributed by atoms with E-state index in [4.69, 9.17) is 5.73 Å². The molecule has 0 saturated carbocycles. The lowest BCUT2D eigenvalue weighted by molar-refractivity contribution is 0.102. The Morgan fingerprint density at radius 2 is 2.41 bits per heavy atom. The van der Waals surface area contributed by atoms with E-state index in [1.807, 2.05) is 6.92 Å². The molecule has 17 heavy (non-hydrogen) atoms. The summed E-state index contributed by atoms with van der Waals surface area (Å²) in [6, 6.07) is 0. The van der Waals surface area contributed by atoms with E-state index in [2.05, 4.69) is 25.7 Å². The van der Waals surface area contributed by atoms with E-state index in [-0.39, 0.29) is 11.6 Å². The quantitative estimate of drug-likeness (QED) is 0.630. The second-order valence-corrected chi connectivity index (χ2v) is 3.66. The zero-order chi connectivity index (χ0) is 12.3. The van der Waals surface area contributed by atoms with E-state index in [9.17, 15) is 4.79 Å². The number of aryl methyl sites for hydroxylation is 1. The van der Waals surface area contributed by atoms with Crippen LogP contribution in [0, 0.1) is 0 Å². The second-order valence-electron chi connectivity index (χ2n) is 3.66. The monoisotopic (exact) mass is 234 g/mol. The normalized spacial score (nSPS) is 10.4. The number of amides is 1. The third-order valence-electron chi connectivity index (χ3n) is 2.35. The molecule has 2 rings (SSSR count). The van der Waals surface area contributed by atoms with Gasteiger partial charge in [0.15, 0.2) is 5.69 Å². The van der Waals surface area contributed by atoms with Gasteiger partial charge >= 0.3 is 0 Å². The van der Waals surface area contributed by atoms with E-state index < -0.39 is 0 Å². The Balaban J connectivity index is 2.14. The molecule has 0 radical (unpaired) electrons. The van der Waals surface area contributed by atoms with Gasteiger partial charge in [0.1, 0.15) is 0 Å². The number of hydrogen-bond acceptors (Lipinski definition) is 4. The molecule has 7 heteroatoms. The topological polar surface area (TPSA) is 112 Å². The van der Waals surface area contributed by atoms with Crippen molar-refractivity contribution in [2.75, 3.05) is 11.1 Å². The van der Waals surface area contributed by atoms with Gasteiger partial charge in [-0.3, -0.25) is 15.0 Å². The van der Waals surface area contributed by atoms with Gasteiger partial charge in [-0.2, -0.15) is 10.2 Å². The van der Waals surface area contributed by atoms with Crippen molar-refractivity contribution < 1.29 is 4.79 Å². The Kier molecular flexibility index (Phi) is 3.08. The lowest BCUT2D eigenvalue weighted by Crippen LogP contribution is -2.13. The van der Waals surface area contributed by atoms with E-state index in [0.717, 1.165) is 18.5 Å². The van der Waals surface area contributed by atoms with Crippen LogP contribution in [0.1, 0.15) is 29.5 Å². The molecule has 1 amide bonds. The molecule has 7 nitrogen and oxygen atoms in total. The Morgan fingerprint density at radius 3 is 3.06 bits per heavy atom. The zero-order valence-corrected chi connectivity index (χ0v) is 9.45. The highest BCUT2D eigenvalue weighted by Crippen LogP contribution is 2.16. The molecule has 90 valence electrons. The van der Waals surface area contributed by atoms with Crippen LogP contribution < -0.4 is 11.1 Å². The summed E-state index contributed by atoms with van der Waals surface area (Å²) in [6.45, 7) is 2.03. The van der Waals surface area contributed by atoms with E-state index >= 15 is 0 Å². The number of aromatic nitrogens is 4. The number of aromatic amines is 2. The van der Waals surface area contributed by atoms with Gasteiger partial charge in [0.05, 0.1) is 23.3 Å². The van der Waals surface area contributed by atoms with Gasteiger partial charge in [0.2, 0.25) is 0 Å². The van der Waals surface area contributed by atoms with Crippen LogP contribution in [0.3, 0.4) is 0 Å². The van der Waals surface area contributed by atoms with Gasteiger partial charge < -0.3 is 11.1 Å². The van der Waals surface area contributed by atoms with E-state index in [1.54, 1.807) is 6.20 Å². The molecule has 0 bridgehead atoms. The summed E-state index contributed by atoms with van der Waals surface area (Å²) in [4.78, 5) is 11.8. The average molecular weight is 234 g/mol. The molecule has 0 fully saturated rings. The Morgan fingerprint density at radius 1 is 1.59 bits per heavy atom. The minimum Gasteiger partial charge on any atom is -0.395 e. The van der Waals surface area contributed by atoms with Crippen LogP contribution >= 0.6 is 0 Å². The van der Waals surface area contributed by atoms with Crippen molar-refractivity contribution >= 4 is 17.3 Å². The summed E-state index contributed by atoms with van der Waals surface area (Å²) in [5.74, 6) is -0.345. The van der Waals surface area contributed by atoms with Gasteiger partial charge in [-0.1, -0.05) is 13.3 Å². The van der Waals surface area contributed by atoms with E-state index in [1.165, 1.54) is 6.20 Å². The van der Waals surface area contributed by atoms with Crippen molar-refractivity contribution in [3.8, 4) is 0 Å². The molecular weight excluding hydrogens is 220 g/mol. The van der Waals surface area contributed by atoms with Crippen LogP contribution in [0.4, 0.5) is 11.4 Å². The number of anilines is 2. The maximum Gasteiger partial charge on any atom is 0.278 e. The minimum absolute atomic E-state index is 0.217. The van der Waals surface area contributed by atoms with Crippen LogP contribution in [-0.2, 0) is 6.42 Å². The van der Waals surface area contributed by atoms with Crippen molar-refractivity contribution in [2.24, 2.45) is 0 Å². The first-order valence-corrected chi connectivity index (χ1v) is 5.35. The van der Waals surface area contributed by atoms with Gasteiger partial charge in [-0.05, 0) is 6.42 Å². The maximum atomic E-state index is 11.8. The number of nitrogens with two attached hydrogens (primary N) is 1. The molecule has 0 saturated heterocycles. The summed E-state index contributed by atoms with van der Waals surface area (Å²) in [6.07, 6.45) is 4.80. The third-order valence-corrected chi connectivity index (χ3v) is 2.35. The molecule has 5 N–H and O–H groups in total. The number of nitrogen functional groups attached to an aromatic ring is 1. The summed E-state index contributed by atoms with van der Waals surface area (Å²) >= 11 is 0. The first-order valence-electron chi connectivity index (χ1n) is 5.35. The van der Waals surface area contributed by atoms with Crippen LogP contribution in [0.5, 0.6) is 0 Å². The highest BCUT2D eigenvalue weighted by Gasteiger charge is 2.16. The fourth-order valence-corrected chi connectivity index (χ4v) is 1.51. The summed E-state index contributed by atoms with van der Waals surface area (Å²) in [5.41, 5.74) is 7.84. The van der Waals surface area contributed by atoms with Gasteiger partial charge in [-0.25, -0.2) is 0 Å². The molecule has 0 spiro atoms. The molecule has 2 aromatic rings. The Bertz CT molecular complexity index is 501. The smallest absolute Gasteiger partial charge is 0.278 e. The lowest BCUT2D eigenvalue weighted by atomic mass is 10.2. The molecule has 0 aromatic carbocycles. The highest BCUT2D eigenvalue weighted by atomic mass is 16.2. The zero-order valence-electron chi connectivity index (χ0n) is 9.45. The predicted octanol–water partition coefficient (Wildman–Crippen LogP) is 0.920. The first kappa shape index (κ1) is 11.2. The van der Waals surface area contributed by atoms with Gasteiger partial charge in [0, 0.05) is 6.20 Å². The summed E-state index contributed by atoms with van der Waals surface area (Å²) < 4.78 is 0. The number of rotatable bonds is 4. The molecule has 2 heterocycles.